The van der Waals surface area contributed by atoms with Crippen LogP contribution in [0.4, 0.5) is 0 Å². The van der Waals surface area contributed by atoms with E-state index in [-0.39, 0.29) is 17.9 Å². The van der Waals surface area contributed by atoms with E-state index in [1.54, 1.807) is 28.0 Å². The number of fused-ring (bicyclic) bond motifs is 1. The lowest BCUT2D eigenvalue weighted by Gasteiger charge is -2.27. The molecular weight excluding hydrogens is 348 g/mol. The highest BCUT2D eigenvalue weighted by molar-refractivity contribution is 5.95. The summed E-state index contributed by atoms with van der Waals surface area (Å²) in [5.41, 5.74) is 1.41. The number of hydrogen-bond acceptors (Lipinski definition) is 5. The Morgan fingerprint density at radius 3 is 2.67 bits per heavy atom. The number of morpholine rings is 1. The molecule has 1 fully saturated rings. The molecule has 1 aromatic carbocycles. The van der Waals surface area contributed by atoms with E-state index < -0.39 is 0 Å². The molecule has 2 aliphatic rings. The molecule has 7 heteroatoms. The number of furan rings is 1. The number of carbonyl (C=O) groups excluding carboxylic acids is 2. The van der Waals surface area contributed by atoms with Gasteiger partial charge in [-0.2, -0.15) is 0 Å². The molecule has 0 radical (unpaired) electrons. The maximum Gasteiger partial charge on any atom is 0.290 e. The molecule has 1 aromatic heterocycles. The van der Waals surface area contributed by atoms with Gasteiger partial charge in [-0.15, -0.1) is 0 Å². The predicted octanol–water partition coefficient (Wildman–Crippen LogP) is 2.18. The van der Waals surface area contributed by atoms with Gasteiger partial charge in [0.2, 0.25) is 0 Å². The molecule has 1 atom stereocenters. The highest BCUT2D eigenvalue weighted by Gasteiger charge is 2.29. The first-order valence-corrected chi connectivity index (χ1v) is 9.10. The zero-order chi connectivity index (χ0) is 18.8. The van der Waals surface area contributed by atoms with Gasteiger partial charge in [-0.1, -0.05) is 0 Å². The Bertz CT molecular complexity index is 827. The minimum Gasteiger partial charge on any atom is -0.491 e. The van der Waals surface area contributed by atoms with Crippen LogP contribution in [0.5, 0.6) is 5.75 Å². The second-order valence-electron chi connectivity index (χ2n) is 6.80. The minimum atomic E-state index is -0.186. The number of benzene rings is 1. The fourth-order valence-corrected chi connectivity index (χ4v) is 3.38. The van der Waals surface area contributed by atoms with Crippen LogP contribution in [0.2, 0.25) is 0 Å². The molecule has 4 rings (SSSR count). The van der Waals surface area contributed by atoms with Gasteiger partial charge in [0, 0.05) is 24.2 Å². The van der Waals surface area contributed by atoms with Crippen molar-refractivity contribution in [2.24, 2.45) is 0 Å². The standard InChI is InChI=1S/C20H22N2O5/c1-14-13-27-17-5-4-15(19(23)21-6-9-25-10-7-21)11-16(17)12-22(14)20(24)18-3-2-8-26-18/h2-5,8,11,14H,6-7,9-10,12-13H2,1H3/t14-/m0/s1. The van der Waals surface area contributed by atoms with Gasteiger partial charge in [0.1, 0.15) is 12.4 Å². The highest BCUT2D eigenvalue weighted by atomic mass is 16.5. The van der Waals surface area contributed by atoms with Crippen molar-refractivity contribution in [1.29, 1.82) is 0 Å². The van der Waals surface area contributed by atoms with Crippen LogP contribution in [0, 0.1) is 0 Å². The number of hydrogen-bond donors (Lipinski definition) is 0. The normalized spacial score (nSPS) is 19.8. The number of amides is 2. The molecule has 0 unspecified atom stereocenters. The summed E-state index contributed by atoms with van der Waals surface area (Å²) < 4.78 is 16.4. The Labute approximate surface area is 157 Å². The lowest BCUT2D eigenvalue weighted by molar-refractivity contribution is 0.0303. The summed E-state index contributed by atoms with van der Waals surface area (Å²) >= 11 is 0. The highest BCUT2D eigenvalue weighted by Crippen LogP contribution is 2.28. The van der Waals surface area contributed by atoms with Crippen molar-refractivity contribution >= 4 is 11.8 Å². The molecule has 27 heavy (non-hydrogen) atoms. The van der Waals surface area contributed by atoms with E-state index in [1.165, 1.54) is 6.26 Å². The molecule has 0 saturated carbocycles. The molecule has 7 nitrogen and oxygen atoms in total. The van der Waals surface area contributed by atoms with Gasteiger partial charge in [0.25, 0.3) is 11.8 Å². The van der Waals surface area contributed by atoms with E-state index in [2.05, 4.69) is 0 Å². The summed E-state index contributed by atoms with van der Waals surface area (Å²) in [5.74, 6) is 0.789. The third kappa shape index (κ3) is 3.55. The van der Waals surface area contributed by atoms with Gasteiger partial charge >= 0.3 is 0 Å². The lowest BCUT2D eigenvalue weighted by Crippen LogP contribution is -2.40. The zero-order valence-corrected chi connectivity index (χ0v) is 15.2. The average Bonchev–Trinajstić information content (AvgIpc) is 3.19. The van der Waals surface area contributed by atoms with E-state index in [0.717, 1.165) is 5.56 Å². The summed E-state index contributed by atoms with van der Waals surface area (Å²) in [6.45, 7) is 4.98. The van der Waals surface area contributed by atoms with Gasteiger partial charge < -0.3 is 23.7 Å². The summed E-state index contributed by atoms with van der Waals surface area (Å²) in [6, 6.07) is 8.66. The van der Waals surface area contributed by atoms with Crippen LogP contribution < -0.4 is 4.74 Å². The molecule has 0 N–H and O–H groups in total. The van der Waals surface area contributed by atoms with Crippen LogP contribution in [0.15, 0.2) is 41.0 Å². The average molecular weight is 370 g/mol. The number of carbonyl (C=O) groups is 2. The Hall–Kier alpha value is -2.80. The largest absolute Gasteiger partial charge is 0.491 e. The number of rotatable bonds is 2. The Morgan fingerprint density at radius 1 is 1.11 bits per heavy atom. The maximum absolute atomic E-state index is 12.8. The maximum atomic E-state index is 12.8. The summed E-state index contributed by atoms with van der Waals surface area (Å²) in [5, 5.41) is 0. The molecular formula is C20H22N2O5. The van der Waals surface area contributed by atoms with E-state index in [4.69, 9.17) is 13.9 Å². The lowest BCUT2D eigenvalue weighted by atomic mass is 10.1. The second kappa shape index (κ2) is 7.44. The molecule has 2 aromatic rings. The van der Waals surface area contributed by atoms with Crippen molar-refractivity contribution in [1.82, 2.24) is 9.80 Å². The van der Waals surface area contributed by atoms with Crippen molar-refractivity contribution in [3.05, 3.63) is 53.5 Å². The monoisotopic (exact) mass is 370 g/mol. The third-order valence-corrected chi connectivity index (χ3v) is 4.95. The third-order valence-electron chi connectivity index (χ3n) is 4.95. The molecule has 0 aliphatic carbocycles. The van der Waals surface area contributed by atoms with E-state index in [1.807, 2.05) is 19.1 Å². The molecule has 2 aliphatic heterocycles. The summed E-state index contributed by atoms with van der Waals surface area (Å²) in [7, 11) is 0. The van der Waals surface area contributed by atoms with Crippen molar-refractivity contribution in [3.8, 4) is 5.75 Å². The zero-order valence-electron chi connectivity index (χ0n) is 15.2. The number of ether oxygens (including phenoxy) is 2. The fraction of sp³-hybridized carbons (Fsp3) is 0.400. The number of nitrogens with zero attached hydrogens (tertiary/aromatic N) is 2. The van der Waals surface area contributed by atoms with Crippen LogP contribution in [-0.4, -0.2) is 60.6 Å². The fourth-order valence-electron chi connectivity index (χ4n) is 3.38. The Morgan fingerprint density at radius 2 is 1.93 bits per heavy atom. The van der Waals surface area contributed by atoms with Gasteiger partial charge in [0.15, 0.2) is 5.76 Å². The predicted molar refractivity (Wildman–Crippen MR) is 96.7 cm³/mol. The van der Waals surface area contributed by atoms with Crippen LogP contribution in [-0.2, 0) is 11.3 Å². The Balaban J connectivity index is 1.59. The molecule has 142 valence electrons. The molecule has 1 saturated heterocycles. The smallest absolute Gasteiger partial charge is 0.290 e. The Kier molecular flexibility index (Phi) is 4.85. The second-order valence-corrected chi connectivity index (χ2v) is 6.80. The van der Waals surface area contributed by atoms with E-state index >= 15 is 0 Å². The van der Waals surface area contributed by atoms with Crippen molar-refractivity contribution in [2.45, 2.75) is 19.5 Å². The van der Waals surface area contributed by atoms with Gasteiger partial charge in [-0.05, 0) is 37.3 Å². The van der Waals surface area contributed by atoms with Crippen LogP contribution in [0.3, 0.4) is 0 Å². The SMILES string of the molecule is C[C@H]1COc2ccc(C(=O)N3CCOCC3)cc2CN1C(=O)c1ccco1. The van der Waals surface area contributed by atoms with Crippen LogP contribution in [0.1, 0.15) is 33.4 Å². The molecule has 0 spiro atoms. The van der Waals surface area contributed by atoms with Gasteiger partial charge in [-0.3, -0.25) is 9.59 Å². The quantitative estimate of drug-likeness (QED) is 0.810. The van der Waals surface area contributed by atoms with E-state index in [9.17, 15) is 9.59 Å². The van der Waals surface area contributed by atoms with Gasteiger partial charge in [-0.25, -0.2) is 0 Å². The van der Waals surface area contributed by atoms with E-state index in [0.29, 0.717) is 56.5 Å². The topological polar surface area (TPSA) is 72.2 Å². The first-order valence-electron chi connectivity index (χ1n) is 9.10. The van der Waals surface area contributed by atoms with Crippen molar-refractivity contribution in [3.63, 3.8) is 0 Å². The first-order chi connectivity index (χ1) is 13.1. The molecule has 3 heterocycles. The summed E-state index contributed by atoms with van der Waals surface area (Å²) in [6.07, 6.45) is 1.49. The molecule has 0 bridgehead atoms. The first kappa shape index (κ1) is 17.6. The summed E-state index contributed by atoms with van der Waals surface area (Å²) in [4.78, 5) is 29.1. The van der Waals surface area contributed by atoms with Crippen molar-refractivity contribution < 1.29 is 23.5 Å². The molecule has 2 amide bonds. The van der Waals surface area contributed by atoms with Crippen LogP contribution in [0.25, 0.3) is 0 Å². The van der Waals surface area contributed by atoms with Gasteiger partial charge in [0.05, 0.1) is 32.1 Å². The van der Waals surface area contributed by atoms with Crippen LogP contribution >= 0.6 is 0 Å². The van der Waals surface area contributed by atoms with Crippen molar-refractivity contribution in [2.75, 3.05) is 32.9 Å². The minimum absolute atomic E-state index is 0.0256.